The van der Waals surface area contributed by atoms with Crippen molar-refractivity contribution in [2.45, 2.75) is 19.9 Å². The van der Waals surface area contributed by atoms with Crippen LogP contribution in [0.1, 0.15) is 13.8 Å². The Morgan fingerprint density at radius 3 is 1.92 bits per heavy atom. The maximum atomic E-state index is 5.70. The van der Waals surface area contributed by atoms with Crippen molar-refractivity contribution in [2.24, 2.45) is 0 Å². The Morgan fingerprint density at radius 1 is 1.17 bits per heavy atom. The second-order valence-electron chi connectivity index (χ2n) is 2.98. The Hall–Kier alpha value is 0.527. The van der Waals surface area contributed by atoms with Gasteiger partial charge in [0.25, 0.3) is 0 Å². The fourth-order valence-electron chi connectivity index (χ4n) is 1.25. The molecule has 0 bridgehead atoms. The van der Waals surface area contributed by atoms with E-state index in [1.54, 1.807) is 14.2 Å². The van der Waals surface area contributed by atoms with E-state index in [4.69, 9.17) is 13.6 Å². The fraction of sp³-hybridized carbons (Fsp3) is 1.00. The maximum absolute atomic E-state index is 5.70. The van der Waals surface area contributed by atoms with E-state index >= 15 is 0 Å². The van der Waals surface area contributed by atoms with Crippen LogP contribution in [0.2, 0.25) is 6.04 Å². The van der Waals surface area contributed by atoms with Gasteiger partial charge in [0.15, 0.2) is 0 Å². The summed E-state index contributed by atoms with van der Waals surface area (Å²) in [5.74, 6) is 0. The average Bonchev–Trinajstić information content (AvgIpc) is 2.06. The summed E-state index contributed by atoms with van der Waals surface area (Å²) in [7, 11) is 2.97. The summed E-state index contributed by atoms with van der Waals surface area (Å²) in [5.41, 5.74) is 0. The van der Waals surface area contributed by atoms with Crippen molar-refractivity contribution in [3.8, 4) is 0 Å². The van der Waals surface area contributed by atoms with Crippen molar-refractivity contribution < 1.29 is 13.6 Å². The third-order valence-electron chi connectivity index (χ3n) is 2.10. The zero-order chi connectivity index (χ0) is 9.69. The molecule has 0 aliphatic rings. The average molecular weight is 212 g/mol. The molecule has 0 N–H and O–H groups in total. The van der Waals surface area contributed by atoms with Crippen LogP contribution in [0.4, 0.5) is 0 Å². The van der Waals surface area contributed by atoms with Gasteiger partial charge in [-0.2, -0.15) is 0 Å². The molecule has 0 rings (SSSR count). The number of rotatable bonds is 6. The van der Waals surface area contributed by atoms with Crippen molar-refractivity contribution in [2.75, 3.05) is 27.5 Å². The first-order valence-electron chi connectivity index (χ1n) is 4.33. The molecule has 76 valence electrons. The van der Waals surface area contributed by atoms with Gasteiger partial charge in [-0.25, -0.2) is 0 Å². The number of hydrogen-bond acceptors (Lipinski definition) is 3. The van der Waals surface area contributed by atoms with Gasteiger partial charge in [0, 0.05) is 0 Å². The molecular formula is C7H21O3PSi. The zero-order valence-electron chi connectivity index (χ0n) is 8.79. The SMILES string of the molecule is CCOP(C)(OC)(OC)[SiH2]CC. The molecule has 3 nitrogen and oxygen atoms in total. The molecule has 0 saturated carbocycles. The molecule has 0 aromatic carbocycles. The molecule has 0 atom stereocenters. The first-order chi connectivity index (χ1) is 5.54. The van der Waals surface area contributed by atoms with Crippen LogP contribution >= 0.6 is 6.83 Å². The van der Waals surface area contributed by atoms with Gasteiger partial charge in [0.05, 0.1) is 0 Å². The molecule has 0 heterocycles. The Morgan fingerprint density at radius 2 is 1.67 bits per heavy atom. The Kier molecular flexibility index (Phi) is 4.88. The van der Waals surface area contributed by atoms with Crippen LogP contribution in [0.25, 0.3) is 0 Å². The monoisotopic (exact) mass is 212 g/mol. The third kappa shape index (κ3) is 2.78. The summed E-state index contributed by atoms with van der Waals surface area (Å²) >= 11 is 0. The summed E-state index contributed by atoms with van der Waals surface area (Å²) in [6.07, 6.45) is 0. The van der Waals surface area contributed by atoms with Gasteiger partial charge in [-0.05, 0) is 0 Å². The predicted molar refractivity (Wildman–Crippen MR) is 57.5 cm³/mol. The van der Waals surface area contributed by atoms with Crippen LogP contribution in [-0.2, 0) is 13.6 Å². The van der Waals surface area contributed by atoms with Crippen molar-refractivity contribution in [1.29, 1.82) is 0 Å². The minimum atomic E-state index is -2.57. The van der Waals surface area contributed by atoms with E-state index in [1.807, 2.05) is 13.6 Å². The zero-order valence-corrected chi connectivity index (χ0v) is 11.1. The third-order valence-corrected chi connectivity index (χ3v) is 12.7. The van der Waals surface area contributed by atoms with Gasteiger partial charge in [-0.3, -0.25) is 0 Å². The van der Waals surface area contributed by atoms with Crippen LogP contribution in [0.15, 0.2) is 0 Å². The van der Waals surface area contributed by atoms with Crippen molar-refractivity contribution in [3.05, 3.63) is 0 Å². The van der Waals surface area contributed by atoms with Crippen LogP contribution < -0.4 is 0 Å². The first kappa shape index (κ1) is 12.5. The molecule has 0 radical (unpaired) electrons. The molecule has 0 saturated heterocycles. The fourth-order valence-corrected chi connectivity index (χ4v) is 8.77. The molecule has 0 aliphatic heterocycles. The van der Waals surface area contributed by atoms with Crippen LogP contribution in [0.5, 0.6) is 0 Å². The normalized spacial score (nSPS) is 16.6. The van der Waals surface area contributed by atoms with Gasteiger partial charge in [-0.1, -0.05) is 0 Å². The summed E-state index contributed by atoms with van der Waals surface area (Å²) in [4.78, 5) is 0. The first-order valence-corrected chi connectivity index (χ1v) is 9.85. The molecular weight excluding hydrogens is 191 g/mol. The number of hydrogen-bond donors (Lipinski definition) is 0. The van der Waals surface area contributed by atoms with Crippen LogP contribution in [0.3, 0.4) is 0 Å². The molecule has 0 aromatic heterocycles. The van der Waals surface area contributed by atoms with E-state index in [0.29, 0.717) is 6.61 Å². The van der Waals surface area contributed by atoms with Gasteiger partial charge in [-0.15, -0.1) is 0 Å². The van der Waals surface area contributed by atoms with E-state index in [-0.39, 0.29) is 0 Å². The molecule has 0 amide bonds. The topological polar surface area (TPSA) is 27.7 Å². The Balaban J connectivity index is 4.50. The molecule has 0 aromatic rings. The molecule has 5 heteroatoms. The van der Waals surface area contributed by atoms with E-state index in [0.717, 1.165) is 6.04 Å². The molecule has 0 fully saturated rings. The second kappa shape index (κ2) is 4.68. The Labute approximate surface area is 77.6 Å². The molecule has 0 spiro atoms. The van der Waals surface area contributed by atoms with Crippen molar-refractivity contribution >= 4 is 16.0 Å². The quantitative estimate of drug-likeness (QED) is 0.496. The predicted octanol–water partition coefficient (Wildman–Crippen LogP) is 1.77. The van der Waals surface area contributed by atoms with E-state index < -0.39 is 16.0 Å². The summed E-state index contributed by atoms with van der Waals surface area (Å²) in [6, 6.07) is 1.15. The second-order valence-corrected chi connectivity index (χ2v) is 13.9. The standard InChI is InChI=1S/C7H21O3PSi/c1-6-10-11(5,8-3,9-4)12-7-2/h6-7,12H2,1-5H3. The summed E-state index contributed by atoms with van der Waals surface area (Å²) in [5, 5.41) is 0. The van der Waals surface area contributed by atoms with Gasteiger partial charge in [0.1, 0.15) is 0 Å². The summed E-state index contributed by atoms with van der Waals surface area (Å²) in [6.45, 7) is 4.26. The summed E-state index contributed by atoms with van der Waals surface area (Å²) < 4.78 is 16.7. The molecule has 0 aliphatic carbocycles. The van der Waals surface area contributed by atoms with Crippen molar-refractivity contribution in [3.63, 3.8) is 0 Å². The Bertz CT molecular complexity index is 129. The van der Waals surface area contributed by atoms with Gasteiger partial charge >= 0.3 is 77.0 Å². The molecule has 0 unspecified atom stereocenters. The van der Waals surface area contributed by atoms with Gasteiger partial charge in [0.2, 0.25) is 0 Å². The van der Waals surface area contributed by atoms with E-state index in [1.165, 1.54) is 0 Å². The van der Waals surface area contributed by atoms with Crippen molar-refractivity contribution in [1.82, 2.24) is 0 Å². The molecule has 12 heavy (non-hydrogen) atoms. The van der Waals surface area contributed by atoms with E-state index in [9.17, 15) is 0 Å². The minimum absolute atomic E-state index is 0.415. The van der Waals surface area contributed by atoms with E-state index in [2.05, 4.69) is 6.92 Å². The van der Waals surface area contributed by atoms with Gasteiger partial charge < -0.3 is 0 Å². The van der Waals surface area contributed by atoms with Crippen LogP contribution in [0, 0.1) is 0 Å². The van der Waals surface area contributed by atoms with Crippen LogP contribution in [-0.4, -0.2) is 36.7 Å².